The molecule has 0 amide bonds. The fourth-order valence-electron chi connectivity index (χ4n) is 4.87. The molecule has 3 aromatic carbocycles. The molecule has 0 saturated carbocycles. The van der Waals surface area contributed by atoms with Gasteiger partial charge in [-0.2, -0.15) is 0 Å². The summed E-state index contributed by atoms with van der Waals surface area (Å²) >= 11 is 0. The molecular weight excluding hydrogens is 354 g/mol. The molecule has 2 nitrogen and oxygen atoms in total. The van der Waals surface area contributed by atoms with Gasteiger partial charge in [-0.25, -0.2) is 0 Å². The van der Waals surface area contributed by atoms with E-state index in [1.807, 2.05) is 0 Å². The zero-order chi connectivity index (χ0) is 19.8. The first kappa shape index (κ1) is 18.2. The number of furan rings is 1. The first-order valence-corrected chi connectivity index (χ1v) is 10.7. The molecule has 2 unspecified atom stereocenters. The molecule has 0 aliphatic heterocycles. The Balaban J connectivity index is 1.57. The van der Waals surface area contributed by atoms with E-state index < -0.39 is 0 Å². The van der Waals surface area contributed by atoms with Crippen molar-refractivity contribution in [2.24, 2.45) is 5.73 Å². The van der Waals surface area contributed by atoms with E-state index in [9.17, 15) is 0 Å². The molecule has 0 bridgehead atoms. The number of nitrogens with two attached hydrogens (primary N) is 1. The summed E-state index contributed by atoms with van der Waals surface area (Å²) < 4.78 is 6.17. The van der Waals surface area contributed by atoms with E-state index in [1.165, 1.54) is 51.8 Å². The van der Waals surface area contributed by atoms with Crippen molar-refractivity contribution in [3.05, 3.63) is 95.2 Å². The van der Waals surface area contributed by atoms with Gasteiger partial charge in [0.1, 0.15) is 11.3 Å². The maximum atomic E-state index is 6.17. The summed E-state index contributed by atoms with van der Waals surface area (Å²) in [6.45, 7) is 2.92. The van der Waals surface area contributed by atoms with Crippen molar-refractivity contribution < 1.29 is 4.42 Å². The zero-order valence-corrected chi connectivity index (χ0v) is 16.9. The van der Waals surface area contributed by atoms with Gasteiger partial charge in [0.05, 0.1) is 0 Å². The van der Waals surface area contributed by atoms with Gasteiger partial charge in [-0.05, 0) is 53.1 Å². The lowest BCUT2D eigenvalue weighted by molar-refractivity contribution is 0.480. The Labute approximate surface area is 172 Å². The average Bonchev–Trinajstić information content (AvgIpc) is 3.14. The molecule has 2 N–H and O–H groups in total. The molecule has 2 atom stereocenters. The number of aryl methyl sites for hydroxylation is 1. The first-order valence-electron chi connectivity index (χ1n) is 10.7. The number of hydrogen-bond donors (Lipinski definition) is 1. The standard InChI is InChI=1S/C27H27NO/c1-18-7-5-12-26-27(18)23-16-21(13-14-25(23)29-26)20-10-6-11-22(15-20)24(17-28)19-8-3-2-4-9-19/h2-4,6,8-11,13-16,18,24H,5,7,12,17,28H2,1H3. The van der Waals surface area contributed by atoms with Crippen LogP contribution < -0.4 is 5.73 Å². The van der Waals surface area contributed by atoms with Gasteiger partial charge in [0.25, 0.3) is 0 Å². The molecule has 0 saturated heterocycles. The van der Waals surface area contributed by atoms with E-state index >= 15 is 0 Å². The van der Waals surface area contributed by atoms with Crippen LogP contribution in [0.3, 0.4) is 0 Å². The Morgan fingerprint density at radius 2 is 1.72 bits per heavy atom. The third-order valence-corrected chi connectivity index (χ3v) is 6.40. The van der Waals surface area contributed by atoms with Crippen LogP contribution in [0.15, 0.2) is 77.2 Å². The molecule has 1 aromatic heterocycles. The van der Waals surface area contributed by atoms with Gasteiger partial charge in [-0.3, -0.25) is 0 Å². The van der Waals surface area contributed by atoms with E-state index in [1.54, 1.807) is 0 Å². The van der Waals surface area contributed by atoms with Crippen molar-refractivity contribution in [1.82, 2.24) is 0 Å². The highest BCUT2D eigenvalue weighted by Crippen LogP contribution is 2.40. The fourth-order valence-corrected chi connectivity index (χ4v) is 4.87. The van der Waals surface area contributed by atoms with E-state index in [0.717, 1.165) is 12.0 Å². The second-order valence-corrected chi connectivity index (χ2v) is 8.27. The SMILES string of the molecule is CC1CCCc2oc3ccc(-c4cccc(C(CN)c5ccccc5)c4)cc3c21. The summed E-state index contributed by atoms with van der Waals surface area (Å²) in [4.78, 5) is 0. The largest absolute Gasteiger partial charge is 0.461 e. The highest BCUT2D eigenvalue weighted by atomic mass is 16.3. The normalized spacial score (nSPS) is 17.2. The smallest absolute Gasteiger partial charge is 0.134 e. The molecule has 0 radical (unpaired) electrons. The van der Waals surface area contributed by atoms with Crippen molar-refractivity contribution in [1.29, 1.82) is 0 Å². The number of benzene rings is 3. The Morgan fingerprint density at radius 3 is 2.55 bits per heavy atom. The first-order chi connectivity index (χ1) is 14.2. The molecule has 1 heterocycles. The van der Waals surface area contributed by atoms with Gasteiger partial charge in [0, 0.05) is 29.8 Å². The van der Waals surface area contributed by atoms with Crippen LogP contribution in [0.2, 0.25) is 0 Å². The average molecular weight is 382 g/mol. The second-order valence-electron chi connectivity index (χ2n) is 8.27. The summed E-state index contributed by atoms with van der Waals surface area (Å²) in [5.74, 6) is 1.97. The Hall–Kier alpha value is -2.84. The molecule has 2 heteroatoms. The van der Waals surface area contributed by atoms with Crippen LogP contribution >= 0.6 is 0 Å². The molecule has 0 spiro atoms. The van der Waals surface area contributed by atoms with Gasteiger partial charge >= 0.3 is 0 Å². The lowest BCUT2D eigenvalue weighted by atomic mass is 9.86. The van der Waals surface area contributed by atoms with Crippen LogP contribution in [0.4, 0.5) is 0 Å². The van der Waals surface area contributed by atoms with E-state index in [4.69, 9.17) is 10.2 Å². The van der Waals surface area contributed by atoms with Gasteiger partial charge in [-0.15, -0.1) is 0 Å². The van der Waals surface area contributed by atoms with Gasteiger partial charge in [0.2, 0.25) is 0 Å². The van der Waals surface area contributed by atoms with Crippen molar-refractivity contribution in [2.75, 3.05) is 6.54 Å². The lowest BCUT2D eigenvalue weighted by Crippen LogP contribution is -2.13. The van der Waals surface area contributed by atoms with E-state index in [2.05, 4.69) is 79.7 Å². The Bertz CT molecular complexity index is 1140. The van der Waals surface area contributed by atoms with Crippen LogP contribution in [-0.4, -0.2) is 6.54 Å². The maximum Gasteiger partial charge on any atom is 0.134 e. The minimum absolute atomic E-state index is 0.210. The molecule has 0 fully saturated rings. The van der Waals surface area contributed by atoms with Gasteiger partial charge in [0.15, 0.2) is 0 Å². The number of hydrogen-bond acceptors (Lipinski definition) is 2. The topological polar surface area (TPSA) is 39.2 Å². The molecule has 1 aliphatic rings. The third kappa shape index (κ3) is 3.28. The summed E-state index contributed by atoms with van der Waals surface area (Å²) in [6, 6.07) is 26.0. The molecular formula is C27H27NO. The molecule has 5 rings (SSSR count). The summed E-state index contributed by atoms with van der Waals surface area (Å²) in [5.41, 5.74) is 13.6. The predicted octanol–water partition coefficient (Wildman–Crippen LogP) is 6.63. The van der Waals surface area contributed by atoms with Crippen LogP contribution in [0, 0.1) is 0 Å². The molecule has 29 heavy (non-hydrogen) atoms. The number of rotatable bonds is 4. The van der Waals surface area contributed by atoms with Crippen molar-refractivity contribution in [3.63, 3.8) is 0 Å². The van der Waals surface area contributed by atoms with Crippen LogP contribution in [0.25, 0.3) is 22.1 Å². The third-order valence-electron chi connectivity index (χ3n) is 6.40. The van der Waals surface area contributed by atoms with Gasteiger partial charge < -0.3 is 10.2 Å². The van der Waals surface area contributed by atoms with Crippen molar-refractivity contribution in [3.8, 4) is 11.1 Å². The maximum absolute atomic E-state index is 6.17. The number of fused-ring (bicyclic) bond motifs is 3. The van der Waals surface area contributed by atoms with Crippen molar-refractivity contribution >= 4 is 11.0 Å². The van der Waals surface area contributed by atoms with E-state index in [0.29, 0.717) is 12.5 Å². The van der Waals surface area contributed by atoms with E-state index in [-0.39, 0.29) is 5.92 Å². The zero-order valence-electron chi connectivity index (χ0n) is 16.9. The minimum atomic E-state index is 0.210. The van der Waals surface area contributed by atoms with Gasteiger partial charge in [-0.1, -0.05) is 67.6 Å². The minimum Gasteiger partial charge on any atom is -0.461 e. The molecule has 4 aromatic rings. The summed E-state index contributed by atoms with van der Waals surface area (Å²) in [5, 5.41) is 1.29. The quantitative estimate of drug-likeness (QED) is 0.431. The summed E-state index contributed by atoms with van der Waals surface area (Å²) in [6.07, 6.45) is 3.54. The monoisotopic (exact) mass is 381 g/mol. The summed E-state index contributed by atoms with van der Waals surface area (Å²) in [7, 11) is 0. The van der Waals surface area contributed by atoms with Crippen LogP contribution in [0.1, 0.15) is 54.1 Å². The lowest BCUT2D eigenvalue weighted by Gasteiger charge is -2.18. The second kappa shape index (κ2) is 7.53. The predicted molar refractivity (Wildman–Crippen MR) is 120 cm³/mol. The molecule has 146 valence electrons. The highest BCUT2D eigenvalue weighted by molar-refractivity contribution is 5.88. The Kier molecular flexibility index (Phi) is 4.73. The van der Waals surface area contributed by atoms with Crippen molar-refractivity contribution in [2.45, 2.75) is 38.0 Å². The molecule has 1 aliphatic carbocycles. The van der Waals surface area contributed by atoms with Crippen LogP contribution in [-0.2, 0) is 6.42 Å². The highest BCUT2D eigenvalue weighted by Gasteiger charge is 2.23. The Morgan fingerprint density at radius 1 is 0.931 bits per heavy atom. The fraction of sp³-hybridized carbons (Fsp3) is 0.259. The van der Waals surface area contributed by atoms with Crippen LogP contribution in [0.5, 0.6) is 0 Å².